The number of aromatic nitrogens is 6. The SMILES string of the molecule is Cc1cc(C)n2cnc(C(=O)NC3[C@@H]4CC[C@H]3CC(OC(C)(C)C)C4)c2n1.Cc1cc(C)n2cnc(C(=O)NC3[C@@H]4CC[C@H]3CC(OC(C)(C)C)C4)c2n1. The minimum Gasteiger partial charge on any atom is -0.373 e. The van der Waals surface area contributed by atoms with Crippen molar-refractivity contribution < 1.29 is 19.1 Å². The fraction of sp³-hybridized carbons (Fsp3) is 0.667. The van der Waals surface area contributed by atoms with Gasteiger partial charge < -0.3 is 20.1 Å². The zero-order chi connectivity index (χ0) is 38.7. The van der Waals surface area contributed by atoms with E-state index in [1.165, 1.54) is 25.7 Å². The van der Waals surface area contributed by atoms with Crippen molar-refractivity contribution in [1.82, 2.24) is 39.4 Å². The molecule has 8 atom stereocenters. The Labute approximate surface area is 319 Å². The van der Waals surface area contributed by atoms with E-state index in [1.54, 1.807) is 12.7 Å². The molecule has 4 aliphatic carbocycles. The number of hydrogen-bond acceptors (Lipinski definition) is 8. The molecular weight excluding hydrogens is 681 g/mol. The van der Waals surface area contributed by atoms with Crippen LogP contribution in [0.15, 0.2) is 24.8 Å². The van der Waals surface area contributed by atoms with Gasteiger partial charge in [0.15, 0.2) is 22.7 Å². The second-order valence-corrected chi connectivity index (χ2v) is 18.5. The number of imidazole rings is 2. The lowest BCUT2D eigenvalue weighted by Gasteiger charge is -2.38. The Hall–Kier alpha value is -3.90. The second kappa shape index (κ2) is 14.6. The van der Waals surface area contributed by atoms with Gasteiger partial charge in [0.2, 0.25) is 0 Å². The first-order valence-electron chi connectivity index (χ1n) is 20.0. The normalized spacial score (nSPS) is 27.9. The highest BCUT2D eigenvalue weighted by molar-refractivity contribution is 5.98. The van der Waals surface area contributed by atoms with Crippen molar-refractivity contribution in [2.45, 2.75) is 156 Å². The van der Waals surface area contributed by atoms with Gasteiger partial charge in [0, 0.05) is 34.9 Å². The zero-order valence-corrected chi connectivity index (χ0v) is 33.9. The summed E-state index contributed by atoms with van der Waals surface area (Å²) in [6, 6.07) is 4.43. The van der Waals surface area contributed by atoms with E-state index >= 15 is 0 Å². The first-order valence-corrected chi connectivity index (χ1v) is 20.0. The van der Waals surface area contributed by atoms with Crippen molar-refractivity contribution in [3.8, 4) is 0 Å². The Morgan fingerprint density at radius 1 is 0.611 bits per heavy atom. The zero-order valence-electron chi connectivity index (χ0n) is 33.9. The van der Waals surface area contributed by atoms with Crippen molar-refractivity contribution in [2.75, 3.05) is 0 Å². The van der Waals surface area contributed by atoms with Gasteiger partial charge in [-0.1, -0.05) is 0 Å². The minimum atomic E-state index is -0.114. The van der Waals surface area contributed by atoms with Crippen molar-refractivity contribution in [3.63, 3.8) is 0 Å². The van der Waals surface area contributed by atoms with E-state index in [-0.39, 0.29) is 35.1 Å². The predicted octanol–water partition coefficient (Wildman–Crippen LogP) is 6.90. The number of nitrogens with zero attached hydrogens (tertiary/aromatic N) is 6. The van der Waals surface area contributed by atoms with Crippen LogP contribution in [0.25, 0.3) is 11.3 Å². The molecule has 8 rings (SSSR count). The maximum absolute atomic E-state index is 13.0. The lowest BCUT2D eigenvalue weighted by Crippen LogP contribution is -2.47. The second-order valence-electron chi connectivity index (χ2n) is 18.5. The Kier molecular flexibility index (Phi) is 10.4. The van der Waals surface area contributed by atoms with Gasteiger partial charge in [0.25, 0.3) is 11.8 Å². The number of nitrogens with one attached hydrogen (secondary N) is 2. The Morgan fingerprint density at radius 3 is 1.26 bits per heavy atom. The molecule has 4 saturated carbocycles. The van der Waals surface area contributed by atoms with Gasteiger partial charge in [-0.2, -0.15) is 0 Å². The molecule has 4 bridgehead atoms. The first-order chi connectivity index (χ1) is 25.4. The van der Waals surface area contributed by atoms with Gasteiger partial charge in [-0.25, -0.2) is 19.9 Å². The Bertz CT molecular complexity index is 1850. The summed E-state index contributed by atoms with van der Waals surface area (Å²) in [4.78, 5) is 43.8. The van der Waals surface area contributed by atoms with Crippen LogP contribution in [0.1, 0.15) is 137 Å². The highest BCUT2D eigenvalue weighted by Crippen LogP contribution is 2.45. The molecule has 4 fully saturated rings. The number of carbonyl (C=O) groups excluding carboxylic acids is 2. The van der Waals surface area contributed by atoms with Gasteiger partial charge in [0.05, 0.1) is 23.4 Å². The van der Waals surface area contributed by atoms with Crippen LogP contribution in [0.2, 0.25) is 0 Å². The lowest BCUT2D eigenvalue weighted by molar-refractivity contribution is -0.0878. The van der Waals surface area contributed by atoms with E-state index in [2.05, 4.69) is 72.1 Å². The molecule has 0 spiro atoms. The number of rotatable bonds is 6. The molecule has 12 heteroatoms. The maximum atomic E-state index is 13.0. The summed E-state index contributed by atoms with van der Waals surface area (Å²) in [5.41, 5.74) is 5.76. The van der Waals surface area contributed by atoms with Gasteiger partial charge in [-0.3, -0.25) is 18.4 Å². The van der Waals surface area contributed by atoms with Crippen molar-refractivity contribution in [3.05, 3.63) is 59.0 Å². The summed E-state index contributed by atoms with van der Waals surface area (Å²) in [5, 5.41) is 6.57. The molecule has 2 N–H and O–H groups in total. The van der Waals surface area contributed by atoms with E-state index in [9.17, 15) is 9.59 Å². The Balaban J connectivity index is 0.000000167. The minimum absolute atomic E-state index is 0.105. The summed E-state index contributed by atoms with van der Waals surface area (Å²) >= 11 is 0. The predicted molar refractivity (Wildman–Crippen MR) is 208 cm³/mol. The van der Waals surface area contributed by atoms with Crippen LogP contribution in [-0.2, 0) is 9.47 Å². The van der Waals surface area contributed by atoms with Crippen LogP contribution < -0.4 is 10.6 Å². The lowest BCUT2D eigenvalue weighted by atomic mass is 9.82. The van der Waals surface area contributed by atoms with E-state index in [0.29, 0.717) is 58.6 Å². The summed E-state index contributed by atoms with van der Waals surface area (Å²) in [6.07, 6.45) is 12.8. The number of aryl methyl sites for hydroxylation is 4. The highest BCUT2D eigenvalue weighted by Gasteiger charge is 2.46. The number of hydrogen-bond donors (Lipinski definition) is 2. The summed E-state index contributed by atoms with van der Waals surface area (Å²) in [7, 11) is 0. The average Bonchev–Trinajstić information content (AvgIpc) is 3.78. The topological polar surface area (TPSA) is 137 Å². The van der Waals surface area contributed by atoms with E-state index in [1.807, 2.05) is 48.6 Å². The number of fused-ring (bicyclic) bond motifs is 6. The molecule has 0 saturated heterocycles. The molecule has 0 aliphatic heterocycles. The quantitative estimate of drug-likeness (QED) is 0.218. The molecule has 4 unspecified atom stereocenters. The van der Waals surface area contributed by atoms with Gasteiger partial charge in [0.1, 0.15) is 12.7 Å². The number of ether oxygens (including phenoxy) is 2. The maximum Gasteiger partial charge on any atom is 0.274 e. The molecule has 12 nitrogen and oxygen atoms in total. The summed E-state index contributed by atoms with van der Waals surface area (Å²) in [6.45, 7) is 20.6. The third kappa shape index (κ3) is 8.20. The molecular formula is C42H60N8O4. The monoisotopic (exact) mass is 740 g/mol. The average molecular weight is 741 g/mol. The van der Waals surface area contributed by atoms with Crippen LogP contribution >= 0.6 is 0 Å². The first kappa shape index (κ1) is 38.4. The third-order valence-corrected chi connectivity index (χ3v) is 11.8. The highest BCUT2D eigenvalue weighted by atomic mass is 16.5. The third-order valence-electron chi connectivity index (χ3n) is 11.8. The fourth-order valence-electron chi connectivity index (χ4n) is 9.93. The number of carbonyl (C=O) groups is 2. The van der Waals surface area contributed by atoms with Gasteiger partial charge in [-0.05, 0) is 156 Å². The van der Waals surface area contributed by atoms with Crippen LogP contribution in [0, 0.1) is 51.4 Å². The molecule has 4 aliphatic rings. The van der Waals surface area contributed by atoms with Crippen LogP contribution in [0.5, 0.6) is 0 Å². The molecule has 54 heavy (non-hydrogen) atoms. The molecule has 0 aromatic carbocycles. The molecule has 292 valence electrons. The van der Waals surface area contributed by atoms with Crippen LogP contribution in [-0.4, -0.2) is 76.0 Å². The van der Waals surface area contributed by atoms with E-state index in [4.69, 9.17) is 9.47 Å². The van der Waals surface area contributed by atoms with Gasteiger partial charge >= 0.3 is 0 Å². The molecule has 4 aromatic rings. The molecule has 4 heterocycles. The van der Waals surface area contributed by atoms with E-state index in [0.717, 1.165) is 48.5 Å². The summed E-state index contributed by atoms with van der Waals surface area (Å²) in [5.74, 6) is 1.76. The van der Waals surface area contributed by atoms with E-state index < -0.39 is 0 Å². The van der Waals surface area contributed by atoms with Gasteiger partial charge in [-0.15, -0.1) is 0 Å². The fourth-order valence-corrected chi connectivity index (χ4v) is 9.93. The molecule has 2 amide bonds. The number of amides is 2. The largest absolute Gasteiger partial charge is 0.373 e. The smallest absolute Gasteiger partial charge is 0.274 e. The van der Waals surface area contributed by atoms with Crippen LogP contribution in [0.4, 0.5) is 0 Å². The van der Waals surface area contributed by atoms with Crippen molar-refractivity contribution in [2.24, 2.45) is 23.7 Å². The Morgan fingerprint density at radius 2 is 0.944 bits per heavy atom. The summed E-state index contributed by atoms with van der Waals surface area (Å²) < 4.78 is 16.2. The van der Waals surface area contributed by atoms with Crippen molar-refractivity contribution in [1.29, 1.82) is 0 Å². The molecule has 4 aromatic heterocycles. The molecule has 0 radical (unpaired) electrons. The standard InChI is InChI=1S/2C21H30N4O2/c2*1-12-8-13(2)25-11-22-18(19(25)23-12)20(26)24-17-14-6-7-15(17)10-16(9-14)27-21(3,4)5/h2*8,11,14-17H,6-7,9-10H2,1-5H3,(H,24,26)/t2*14-,15+,16?,17?. The van der Waals surface area contributed by atoms with Crippen molar-refractivity contribution >= 4 is 23.1 Å². The van der Waals surface area contributed by atoms with Crippen LogP contribution in [0.3, 0.4) is 0 Å².